The number of rotatable bonds is 5. The monoisotopic (exact) mass is 345 g/mol. The Kier molecular flexibility index (Phi) is 5.16. The minimum Gasteiger partial charge on any atom is -0.395 e. The van der Waals surface area contributed by atoms with E-state index >= 15 is 0 Å². The molecule has 128 valence electrons. The predicted molar refractivity (Wildman–Crippen MR) is 95.1 cm³/mol. The van der Waals surface area contributed by atoms with E-state index in [1.165, 1.54) is 11.1 Å². The van der Waals surface area contributed by atoms with Gasteiger partial charge >= 0.3 is 6.03 Å². The summed E-state index contributed by atoms with van der Waals surface area (Å²) in [4.78, 5) is 19.0. The zero-order valence-electron chi connectivity index (χ0n) is 14.0. The molecular weight excluding hydrogens is 322 g/mol. The number of carbonyl (C=O) groups is 1. The zero-order valence-corrected chi connectivity index (χ0v) is 14.8. The van der Waals surface area contributed by atoms with Gasteiger partial charge in [0.05, 0.1) is 18.7 Å². The van der Waals surface area contributed by atoms with Gasteiger partial charge in [-0.3, -0.25) is 0 Å². The number of amides is 2. The minimum atomic E-state index is -0.147. The maximum Gasteiger partial charge on any atom is 0.318 e. The van der Waals surface area contributed by atoms with E-state index in [9.17, 15) is 9.90 Å². The van der Waals surface area contributed by atoms with Crippen LogP contribution in [-0.2, 0) is 6.42 Å². The van der Waals surface area contributed by atoms with Crippen LogP contribution in [-0.4, -0.2) is 34.2 Å². The summed E-state index contributed by atoms with van der Waals surface area (Å²) < 4.78 is 0. The maximum absolute atomic E-state index is 12.8. The molecule has 0 spiro atoms. The van der Waals surface area contributed by atoms with Crippen LogP contribution in [0.3, 0.4) is 0 Å². The molecule has 0 saturated carbocycles. The third-order valence-corrected chi connectivity index (χ3v) is 5.57. The van der Waals surface area contributed by atoms with Crippen molar-refractivity contribution in [3.8, 4) is 0 Å². The van der Waals surface area contributed by atoms with Crippen molar-refractivity contribution in [1.82, 2.24) is 15.2 Å². The molecule has 1 aromatic carbocycles. The largest absolute Gasteiger partial charge is 0.395 e. The molecule has 0 fully saturated rings. The summed E-state index contributed by atoms with van der Waals surface area (Å²) in [5.41, 5.74) is 3.45. The molecule has 2 amide bonds. The molecule has 5 nitrogen and oxygen atoms in total. The summed E-state index contributed by atoms with van der Waals surface area (Å²) >= 11 is 1.55. The first-order valence-corrected chi connectivity index (χ1v) is 9.16. The van der Waals surface area contributed by atoms with E-state index < -0.39 is 0 Å². The van der Waals surface area contributed by atoms with Crippen molar-refractivity contribution < 1.29 is 9.90 Å². The number of aliphatic hydroxyl groups is 1. The molecule has 0 saturated heterocycles. The number of benzene rings is 1. The first-order chi connectivity index (χ1) is 11.6. The van der Waals surface area contributed by atoms with Gasteiger partial charge in [0.25, 0.3) is 0 Å². The number of aliphatic hydroxyl groups excluding tert-OH is 1. The number of hydrogen-bond donors (Lipinski definition) is 2. The van der Waals surface area contributed by atoms with Crippen molar-refractivity contribution in [2.75, 3.05) is 13.2 Å². The summed E-state index contributed by atoms with van der Waals surface area (Å²) in [7, 11) is 0. The topological polar surface area (TPSA) is 65.5 Å². The minimum absolute atomic E-state index is 0.0265. The number of aromatic nitrogens is 1. The van der Waals surface area contributed by atoms with Crippen molar-refractivity contribution >= 4 is 17.4 Å². The number of urea groups is 1. The van der Waals surface area contributed by atoms with Crippen molar-refractivity contribution in [3.63, 3.8) is 0 Å². The first kappa shape index (κ1) is 16.9. The molecule has 3 rings (SSSR count). The summed E-state index contributed by atoms with van der Waals surface area (Å²) in [6.45, 7) is 4.17. The molecule has 6 heteroatoms. The lowest BCUT2D eigenvalue weighted by molar-refractivity contribution is 0.149. The lowest BCUT2D eigenvalue weighted by Gasteiger charge is -2.30. The van der Waals surface area contributed by atoms with E-state index in [2.05, 4.69) is 22.4 Å². The fourth-order valence-electron chi connectivity index (χ4n) is 3.27. The van der Waals surface area contributed by atoms with Gasteiger partial charge in [-0.1, -0.05) is 24.3 Å². The van der Waals surface area contributed by atoms with E-state index in [1.807, 2.05) is 31.4 Å². The van der Waals surface area contributed by atoms with Gasteiger partial charge in [0.15, 0.2) is 0 Å². The third kappa shape index (κ3) is 3.44. The van der Waals surface area contributed by atoms with Crippen LogP contribution in [0.2, 0.25) is 0 Å². The van der Waals surface area contributed by atoms with Crippen LogP contribution >= 0.6 is 11.3 Å². The highest BCUT2D eigenvalue weighted by molar-refractivity contribution is 7.09. The standard InChI is InChI=1S/C18H23N3O2S/c1-12-11-24-17(19-12)13(2)20-18(23)21(9-10-22)16-8-7-14-5-3-4-6-15(14)16/h3-6,11,13,16,22H,7-10H2,1-2H3,(H,20,23)/t13-,16+/m1/s1. The Labute approximate surface area is 146 Å². The quantitative estimate of drug-likeness (QED) is 0.874. The Morgan fingerprint density at radius 3 is 3.00 bits per heavy atom. The molecule has 1 heterocycles. The normalized spacial score (nSPS) is 17.4. The van der Waals surface area contributed by atoms with Crippen LogP contribution < -0.4 is 5.32 Å². The Balaban J connectivity index is 1.75. The fraction of sp³-hybridized carbons (Fsp3) is 0.444. The van der Waals surface area contributed by atoms with Crippen LogP contribution in [0.5, 0.6) is 0 Å². The summed E-state index contributed by atoms with van der Waals surface area (Å²) in [6, 6.07) is 7.97. The van der Waals surface area contributed by atoms with Gasteiger partial charge in [0.2, 0.25) is 0 Å². The molecule has 1 aliphatic rings. The second-order valence-corrected chi connectivity index (χ2v) is 7.06. The molecule has 0 aliphatic heterocycles. The van der Waals surface area contributed by atoms with Gasteiger partial charge in [-0.05, 0) is 37.8 Å². The first-order valence-electron chi connectivity index (χ1n) is 8.28. The number of nitrogens with zero attached hydrogens (tertiary/aromatic N) is 2. The molecule has 0 unspecified atom stereocenters. The zero-order chi connectivity index (χ0) is 17.1. The second kappa shape index (κ2) is 7.32. The number of aryl methyl sites for hydroxylation is 2. The lowest BCUT2D eigenvalue weighted by Crippen LogP contribution is -2.44. The average molecular weight is 345 g/mol. The summed E-state index contributed by atoms with van der Waals surface area (Å²) in [5, 5.41) is 15.3. The van der Waals surface area contributed by atoms with Gasteiger partial charge < -0.3 is 15.3 Å². The maximum atomic E-state index is 12.8. The molecule has 0 bridgehead atoms. The Bertz CT molecular complexity index is 716. The third-order valence-electron chi connectivity index (χ3n) is 4.43. The van der Waals surface area contributed by atoms with Gasteiger partial charge in [0.1, 0.15) is 5.01 Å². The van der Waals surface area contributed by atoms with Gasteiger partial charge in [-0.2, -0.15) is 0 Å². The summed E-state index contributed by atoms with van der Waals surface area (Å²) in [5.74, 6) is 0. The Hall–Kier alpha value is -1.92. The predicted octanol–water partition coefficient (Wildman–Crippen LogP) is 3.20. The van der Waals surface area contributed by atoms with E-state index in [0.29, 0.717) is 6.54 Å². The highest BCUT2D eigenvalue weighted by atomic mass is 32.1. The molecule has 24 heavy (non-hydrogen) atoms. The van der Waals surface area contributed by atoms with Crippen LogP contribution in [0.4, 0.5) is 4.79 Å². The van der Waals surface area contributed by atoms with Crippen LogP contribution in [0.25, 0.3) is 0 Å². The van der Waals surface area contributed by atoms with Gasteiger partial charge in [-0.15, -0.1) is 11.3 Å². The van der Waals surface area contributed by atoms with Crippen molar-refractivity contribution in [2.45, 2.75) is 38.8 Å². The molecule has 2 N–H and O–H groups in total. The van der Waals surface area contributed by atoms with Crippen LogP contribution in [0.15, 0.2) is 29.6 Å². The average Bonchev–Trinajstić information content (AvgIpc) is 3.19. The molecule has 1 aliphatic carbocycles. The molecular formula is C18H23N3O2S. The molecule has 1 aromatic heterocycles. The number of thiazole rings is 1. The molecule has 2 aromatic rings. The van der Waals surface area contributed by atoms with E-state index in [1.54, 1.807) is 16.2 Å². The highest BCUT2D eigenvalue weighted by Crippen LogP contribution is 2.35. The smallest absolute Gasteiger partial charge is 0.318 e. The van der Waals surface area contributed by atoms with Crippen molar-refractivity contribution in [1.29, 1.82) is 0 Å². The van der Waals surface area contributed by atoms with E-state index in [4.69, 9.17) is 0 Å². The van der Waals surface area contributed by atoms with Crippen molar-refractivity contribution in [2.24, 2.45) is 0 Å². The summed E-state index contributed by atoms with van der Waals surface area (Å²) in [6.07, 6.45) is 1.87. The van der Waals surface area contributed by atoms with Gasteiger partial charge in [0, 0.05) is 17.6 Å². The van der Waals surface area contributed by atoms with Gasteiger partial charge in [-0.25, -0.2) is 9.78 Å². The highest BCUT2D eigenvalue weighted by Gasteiger charge is 2.31. The lowest BCUT2D eigenvalue weighted by atomic mass is 10.1. The van der Waals surface area contributed by atoms with Crippen LogP contribution in [0.1, 0.15) is 47.3 Å². The Morgan fingerprint density at radius 2 is 2.29 bits per heavy atom. The Morgan fingerprint density at radius 1 is 1.50 bits per heavy atom. The van der Waals surface area contributed by atoms with E-state index in [0.717, 1.165) is 23.5 Å². The number of nitrogens with one attached hydrogen (secondary N) is 1. The fourth-order valence-corrected chi connectivity index (χ4v) is 4.07. The van der Waals surface area contributed by atoms with Crippen molar-refractivity contribution in [3.05, 3.63) is 51.5 Å². The number of hydrogen-bond acceptors (Lipinski definition) is 4. The van der Waals surface area contributed by atoms with E-state index in [-0.39, 0.29) is 24.7 Å². The molecule has 0 radical (unpaired) electrons. The van der Waals surface area contributed by atoms with Crippen LogP contribution in [0, 0.1) is 6.92 Å². The number of fused-ring (bicyclic) bond motifs is 1. The SMILES string of the molecule is Cc1csc([C@@H](C)NC(=O)N(CCO)[C@H]2CCc3ccccc32)n1. The molecule has 2 atom stereocenters. The number of carbonyl (C=O) groups excluding carboxylic acids is 1. The second-order valence-electron chi connectivity index (χ2n) is 6.17.